The highest BCUT2D eigenvalue weighted by molar-refractivity contribution is 6.05. The molecule has 1 aliphatic carbocycles. The van der Waals surface area contributed by atoms with Gasteiger partial charge in [-0.05, 0) is 56.2 Å². The minimum atomic E-state index is -0.323. The molecule has 0 unspecified atom stereocenters. The predicted octanol–water partition coefficient (Wildman–Crippen LogP) is 4.47. The smallest absolute Gasteiger partial charge is 0.257 e. The quantitative estimate of drug-likeness (QED) is 0.589. The van der Waals surface area contributed by atoms with Gasteiger partial charge in [0.2, 0.25) is 5.91 Å². The van der Waals surface area contributed by atoms with Crippen molar-refractivity contribution in [2.75, 3.05) is 46.3 Å². The van der Waals surface area contributed by atoms with E-state index >= 15 is 0 Å². The Hall–Kier alpha value is -3.59. The van der Waals surface area contributed by atoms with Gasteiger partial charge >= 0.3 is 0 Å². The second-order valence-electron chi connectivity index (χ2n) is 11.0. The van der Waals surface area contributed by atoms with Gasteiger partial charge in [-0.2, -0.15) is 0 Å². The number of likely N-dealkylation sites (N-methyl/N-ethyl adjacent to an activating group) is 1. The molecule has 1 heterocycles. The van der Waals surface area contributed by atoms with Crippen molar-refractivity contribution in [3.8, 4) is 11.5 Å². The number of carbonyl (C=O) groups excluding carboxylic acids is 3. The Morgan fingerprint density at radius 3 is 2.48 bits per heavy atom. The van der Waals surface area contributed by atoms with E-state index in [-0.39, 0.29) is 48.3 Å². The molecule has 2 aromatic carbocycles. The average molecular weight is 552 g/mol. The Balaban J connectivity index is 1.62. The third-order valence-corrected chi connectivity index (χ3v) is 8.02. The summed E-state index contributed by atoms with van der Waals surface area (Å²) in [6.45, 7) is 5.16. The van der Waals surface area contributed by atoms with Crippen molar-refractivity contribution in [2.24, 2.45) is 11.8 Å². The van der Waals surface area contributed by atoms with Crippen molar-refractivity contribution >= 4 is 23.4 Å². The van der Waals surface area contributed by atoms with Crippen LogP contribution in [0.1, 0.15) is 60.2 Å². The van der Waals surface area contributed by atoms with Gasteiger partial charge < -0.3 is 29.3 Å². The highest BCUT2D eigenvalue weighted by atomic mass is 16.5. The average Bonchev–Trinajstić information content (AvgIpc) is 3.51. The first kappa shape index (κ1) is 29.4. The van der Waals surface area contributed by atoms with Crippen molar-refractivity contribution in [2.45, 2.75) is 51.7 Å². The zero-order valence-electron chi connectivity index (χ0n) is 24.1. The Bertz CT molecular complexity index is 1210. The molecule has 1 saturated carbocycles. The maximum absolute atomic E-state index is 13.6. The Morgan fingerprint density at radius 1 is 1.02 bits per heavy atom. The van der Waals surface area contributed by atoms with Crippen molar-refractivity contribution in [3.05, 3.63) is 53.6 Å². The third kappa shape index (κ3) is 6.75. The number of benzene rings is 2. The standard InChI is InChI=1S/C31H41N3O6/c1-20-17-34(30(36)22-9-6-7-10-22)21(2)19-40-27-14-13-24(16-26(27)31(37)33(3)18-28(20)39-5)32-29(35)23-11-8-12-25(15-23)38-4/h8,11-16,20-22,28H,6-7,9-10,17-19H2,1-5H3,(H,32,35)/t20-,21+,28+/m1/s1. The molecule has 2 aliphatic rings. The molecule has 0 radical (unpaired) electrons. The van der Waals surface area contributed by atoms with Crippen LogP contribution < -0.4 is 14.8 Å². The highest BCUT2D eigenvalue weighted by Gasteiger charge is 2.34. The van der Waals surface area contributed by atoms with Gasteiger partial charge in [-0.15, -0.1) is 0 Å². The first-order chi connectivity index (χ1) is 19.2. The summed E-state index contributed by atoms with van der Waals surface area (Å²) in [5.74, 6) is 0.639. The van der Waals surface area contributed by atoms with Crippen LogP contribution in [0, 0.1) is 11.8 Å². The maximum atomic E-state index is 13.6. The third-order valence-electron chi connectivity index (χ3n) is 8.02. The summed E-state index contributed by atoms with van der Waals surface area (Å²) in [4.78, 5) is 43.7. The lowest BCUT2D eigenvalue weighted by Crippen LogP contribution is -2.50. The van der Waals surface area contributed by atoms with Crippen LogP contribution in [0.5, 0.6) is 11.5 Å². The minimum absolute atomic E-state index is 0.000404. The molecule has 0 bridgehead atoms. The first-order valence-electron chi connectivity index (χ1n) is 14.0. The Kier molecular flexibility index (Phi) is 9.68. The molecule has 2 aromatic rings. The lowest BCUT2D eigenvalue weighted by atomic mass is 9.99. The van der Waals surface area contributed by atoms with Crippen molar-refractivity contribution < 1.29 is 28.6 Å². The number of nitrogens with zero attached hydrogens (tertiary/aromatic N) is 2. The lowest BCUT2D eigenvalue weighted by molar-refractivity contribution is -0.139. The monoisotopic (exact) mass is 551 g/mol. The van der Waals surface area contributed by atoms with E-state index in [2.05, 4.69) is 12.2 Å². The molecule has 1 fully saturated rings. The first-order valence-corrected chi connectivity index (χ1v) is 14.0. The van der Waals surface area contributed by atoms with E-state index in [0.717, 1.165) is 25.7 Å². The Labute approximate surface area is 236 Å². The number of anilines is 1. The second kappa shape index (κ2) is 13.2. The summed E-state index contributed by atoms with van der Waals surface area (Å²) in [7, 11) is 4.91. The number of carbonyl (C=O) groups is 3. The van der Waals surface area contributed by atoms with Crippen LogP contribution in [0.2, 0.25) is 0 Å². The van der Waals surface area contributed by atoms with Crippen LogP contribution in [-0.4, -0.2) is 80.6 Å². The second-order valence-corrected chi connectivity index (χ2v) is 11.0. The number of nitrogens with one attached hydrogen (secondary N) is 1. The minimum Gasteiger partial charge on any atom is -0.497 e. The predicted molar refractivity (Wildman–Crippen MR) is 153 cm³/mol. The van der Waals surface area contributed by atoms with Crippen molar-refractivity contribution in [3.63, 3.8) is 0 Å². The van der Waals surface area contributed by atoms with Gasteiger partial charge in [0.05, 0.1) is 24.8 Å². The molecule has 3 atom stereocenters. The summed E-state index contributed by atoms with van der Waals surface area (Å²) in [5, 5.41) is 2.87. The highest BCUT2D eigenvalue weighted by Crippen LogP contribution is 2.30. The molecule has 0 spiro atoms. The lowest BCUT2D eigenvalue weighted by Gasteiger charge is -2.37. The number of rotatable bonds is 5. The number of fused-ring (bicyclic) bond motifs is 1. The van der Waals surface area contributed by atoms with Crippen LogP contribution >= 0.6 is 0 Å². The van der Waals surface area contributed by atoms with Gasteiger partial charge in [-0.3, -0.25) is 14.4 Å². The fourth-order valence-corrected chi connectivity index (χ4v) is 5.54. The number of amides is 3. The van der Waals surface area contributed by atoms with Crippen LogP contribution in [0.25, 0.3) is 0 Å². The van der Waals surface area contributed by atoms with Gasteiger partial charge in [0.15, 0.2) is 0 Å². The molecule has 9 heteroatoms. The number of hydrogen-bond acceptors (Lipinski definition) is 6. The van der Waals surface area contributed by atoms with Gasteiger partial charge in [0.25, 0.3) is 11.8 Å². The molecule has 0 aromatic heterocycles. The largest absolute Gasteiger partial charge is 0.497 e. The van der Waals surface area contributed by atoms with Gasteiger partial charge in [-0.1, -0.05) is 25.8 Å². The molecule has 1 aliphatic heterocycles. The van der Waals surface area contributed by atoms with E-state index in [1.807, 2.05) is 11.8 Å². The summed E-state index contributed by atoms with van der Waals surface area (Å²) >= 11 is 0. The maximum Gasteiger partial charge on any atom is 0.257 e. The molecule has 40 heavy (non-hydrogen) atoms. The van der Waals surface area contributed by atoms with E-state index < -0.39 is 0 Å². The van der Waals surface area contributed by atoms with Gasteiger partial charge in [0, 0.05) is 50.3 Å². The number of ether oxygens (including phenoxy) is 3. The summed E-state index contributed by atoms with van der Waals surface area (Å²) in [6.07, 6.45) is 3.76. The molecule has 216 valence electrons. The molecule has 3 amide bonds. The van der Waals surface area contributed by atoms with E-state index in [1.54, 1.807) is 68.6 Å². The van der Waals surface area contributed by atoms with Crippen LogP contribution in [0.15, 0.2) is 42.5 Å². The van der Waals surface area contributed by atoms with E-state index in [0.29, 0.717) is 41.4 Å². The summed E-state index contributed by atoms with van der Waals surface area (Å²) in [5.41, 5.74) is 1.23. The van der Waals surface area contributed by atoms with Gasteiger partial charge in [-0.25, -0.2) is 0 Å². The summed E-state index contributed by atoms with van der Waals surface area (Å²) < 4.78 is 17.2. The zero-order valence-corrected chi connectivity index (χ0v) is 24.1. The molecule has 4 rings (SSSR count). The van der Waals surface area contributed by atoms with E-state index in [1.165, 1.54) is 0 Å². The SMILES string of the molecule is COc1cccc(C(=O)Nc2ccc3c(c2)C(=O)N(C)C[C@H](OC)[C@H](C)CN(C(=O)C2CCCC2)[C@@H](C)CO3)c1. The fourth-order valence-electron chi connectivity index (χ4n) is 5.54. The fraction of sp³-hybridized carbons (Fsp3) is 0.516. The molecule has 1 N–H and O–H groups in total. The molecule has 0 saturated heterocycles. The van der Waals surface area contributed by atoms with Gasteiger partial charge in [0.1, 0.15) is 18.1 Å². The Morgan fingerprint density at radius 2 is 1.77 bits per heavy atom. The number of methoxy groups -OCH3 is 2. The van der Waals surface area contributed by atoms with E-state index in [4.69, 9.17) is 14.2 Å². The topological polar surface area (TPSA) is 97.4 Å². The normalized spacial score (nSPS) is 22.5. The van der Waals surface area contributed by atoms with E-state index in [9.17, 15) is 14.4 Å². The molecular formula is C31H41N3O6. The molecule has 9 nitrogen and oxygen atoms in total. The van der Waals surface area contributed by atoms with Crippen LogP contribution in [0.3, 0.4) is 0 Å². The molecular weight excluding hydrogens is 510 g/mol. The number of hydrogen-bond donors (Lipinski definition) is 1. The van der Waals surface area contributed by atoms with Crippen LogP contribution in [0.4, 0.5) is 5.69 Å². The van der Waals surface area contributed by atoms with Crippen LogP contribution in [-0.2, 0) is 9.53 Å². The summed E-state index contributed by atoms with van der Waals surface area (Å²) in [6, 6.07) is 11.7. The van der Waals surface area contributed by atoms with Crippen molar-refractivity contribution in [1.82, 2.24) is 9.80 Å². The van der Waals surface area contributed by atoms with Crippen molar-refractivity contribution in [1.29, 1.82) is 0 Å². The zero-order chi connectivity index (χ0) is 28.8.